The monoisotopic (exact) mass is 642 g/mol. The Balaban J connectivity index is 1.43. The van der Waals surface area contributed by atoms with Gasteiger partial charge in [0, 0.05) is 10.3 Å². The number of hydrogen-bond acceptors (Lipinski definition) is 7. The number of ether oxygens (including phenoxy) is 2. The van der Waals surface area contributed by atoms with Crippen molar-refractivity contribution < 1.29 is 49.9 Å². The standard InChI is InChI=1S/C29H23F6NO5PS/c1-3-11-39-27(37)15(2)36-42(41-18-7-5-4-6-8-18)14-29(42,35)17-9-10-19-16(12-17)13-20(43-19)28(38)40-26-24(33)22(31)21(30)23(32)25(26)34/h4-10,12-13,15,36H,3,11,14H2,1-2H3/q+1/t15-,29+,42?/m0/s1. The van der Waals surface area contributed by atoms with Crippen LogP contribution in [-0.2, 0) is 14.9 Å². The van der Waals surface area contributed by atoms with Gasteiger partial charge in [0.2, 0.25) is 34.8 Å². The van der Waals surface area contributed by atoms with Gasteiger partial charge in [0.05, 0.1) is 6.61 Å². The lowest BCUT2D eigenvalue weighted by Gasteiger charge is -2.18. The number of alkyl halides is 1. The molecule has 3 atom stereocenters. The van der Waals surface area contributed by atoms with E-state index in [0.717, 1.165) is 11.3 Å². The zero-order chi connectivity index (χ0) is 31.1. The number of thiophene rings is 1. The molecule has 1 aliphatic heterocycles. The lowest BCUT2D eigenvalue weighted by atomic mass is 10.1. The first-order valence-corrected chi connectivity index (χ1v) is 15.7. The molecule has 4 aromatic rings. The lowest BCUT2D eigenvalue weighted by Crippen LogP contribution is -2.35. The summed E-state index contributed by atoms with van der Waals surface area (Å²) >= 11 is 0.810. The van der Waals surface area contributed by atoms with Crippen LogP contribution in [0, 0.1) is 29.1 Å². The number of carbonyl (C=O) groups is 2. The number of benzene rings is 3. The van der Waals surface area contributed by atoms with Crippen molar-refractivity contribution in [2.45, 2.75) is 31.7 Å². The molecule has 1 fully saturated rings. The number of rotatable bonds is 10. The number of nitrogens with one attached hydrogen (secondary N) is 1. The minimum Gasteiger partial charge on any atom is -0.464 e. The zero-order valence-electron chi connectivity index (χ0n) is 22.6. The fourth-order valence-electron chi connectivity index (χ4n) is 4.39. The van der Waals surface area contributed by atoms with Gasteiger partial charge in [0.25, 0.3) is 0 Å². The molecule has 3 aromatic carbocycles. The van der Waals surface area contributed by atoms with Gasteiger partial charge in [-0.15, -0.1) is 16.4 Å². The fourth-order valence-corrected chi connectivity index (χ4v) is 8.73. The van der Waals surface area contributed by atoms with Gasteiger partial charge in [0.1, 0.15) is 10.9 Å². The van der Waals surface area contributed by atoms with Gasteiger partial charge in [-0.25, -0.2) is 18.0 Å². The van der Waals surface area contributed by atoms with E-state index in [9.17, 15) is 31.5 Å². The van der Waals surface area contributed by atoms with Gasteiger partial charge >= 0.3 is 25.0 Å². The molecule has 1 N–H and O–H groups in total. The van der Waals surface area contributed by atoms with Crippen LogP contribution in [0.1, 0.15) is 35.5 Å². The maximum Gasteiger partial charge on any atom is 0.353 e. The number of para-hydroxylation sites is 1. The first-order chi connectivity index (χ1) is 20.4. The number of esters is 2. The highest BCUT2D eigenvalue weighted by Crippen LogP contribution is 2.87. The summed E-state index contributed by atoms with van der Waals surface area (Å²) in [5.41, 5.74) is 0.184. The van der Waals surface area contributed by atoms with Crippen LogP contribution in [-0.4, -0.2) is 30.7 Å². The van der Waals surface area contributed by atoms with Crippen LogP contribution in [0.5, 0.6) is 11.5 Å². The lowest BCUT2D eigenvalue weighted by molar-refractivity contribution is -0.145. The molecule has 1 aromatic heterocycles. The molecule has 43 heavy (non-hydrogen) atoms. The molecule has 226 valence electrons. The van der Waals surface area contributed by atoms with E-state index in [1.165, 1.54) is 24.3 Å². The Kier molecular flexibility index (Phi) is 8.43. The Morgan fingerprint density at radius 1 is 0.977 bits per heavy atom. The highest BCUT2D eigenvalue weighted by molar-refractivity contribution is 7.78. The van der Waals surface area contributed by atoms with E-state index in [-0.39, 0.29) is 23.2 Å². The Labute approximate surface area is 246 Å². The molecule has 2 heterocycles. The van der Waals surface area contributed by atoms with E-state index in [1.807, 2.05) is 6.92 Å². The summed E-state index contributed by atoms with van der Waals surface area (Å²) in [6.45, 7) is 3.61. The van der Waals surface area contributed by atoms with Crippen LogP contribution < -0.4 is 14.3 Å². The van der Waals surface area contributed by atoms with E-state index in [4.69, 9.17) is 9.26 Å². The number of carbonyl (C=O) groups excluding carboxylic acids is 2. The molecule has 0 spiro atoms. The molecule has 0 amide bonds. The van der Waals surface area contributed by atoms with Crippen molar-refractivity contribution in [3.05, 3.63) is 94.1 Å². The molecule has 5 rings (SSSR count). The number of hydrogen-bond donors (Lipinski definition) is 1. The van der Waals surface area contributed by atoms with Gasteiger partial charge in [-0.2, -0.15) is 13.2 Å². The van der Waals surface area contributed by atoms with Crippen LogP contribution in [0.15, 0.2) is 54.6 Å². The van der Waals surface area contributed by atoms with E-state index < -0.39 is 65.9 Å². The van der Waals surface area contributed by atoms with Crippen molar-refractivity contribution in [3.63, 3.8) is 0 Å². The van der Waals surface area contributed by atoms with E-state index in [2.05, 4.69) is 9.82 Å². The summed E-state index contributed by atoms with van der Waals surface area (Å²) in [5, 5.41) is 1.36. The summed E-state index contributed by atoms with van der Waals surface area (Å²) in [6, 6.07) is 13.4. The topological polar surface area (TPSA) is 73.9 Å². The predicted octanol–water partition coefficient (Wildman–Crippen LogP) is 7.81. The predicted molar refractivity (Wildman–Crippen MR) is 149 cm³/mol. The second-order valence-electron chi connectivity index (χ2n) is 9.73. The van der Waals surface area contributed by atoms with Crippen LogP contribution in [0.2, 0.25) is 0 Å². The van der Waals surface area contributed by atoms with Gasteiger partial charge in [-0.1, -0.05) is 31.2 Å². The average molecular weight is 643 g/mol. The SMILES string of the molecule is CCCOC(=O)[C@H](C)N[P+]1(Oc2ccccc2)C[C@]1(F)c1ccc2sc(C(=O)Oc3c(F)c(F)c(F)c(F)c3F)cc2c1. The minimum atomic E-state index is -3.15. The molecule has 1 aliphatic rings. The second kappa shape index (κ2) is 11.8. The molecule has 0 aliphatic carbocycles. The first-order valence-electron chi connectivity index (χ1n) is 12.9. The normalized spacial score (nSPS) is 20.1. The Morgan fingerprint density at radius 3 is 2.28 bits per heavy atom. The third kappa shape index (κ3) is 5.69. The van der Waals surface area contributed by atoms with E-state index in [1.54, 1.807) is 37.3 Å². The molecular weight excluding hydrogens is 619 g/mol. The molecule has 1 saturated heterocycles. The fraction of sp³-hybridized carbons (Fsp3) is 0.241. The summed E-state index contributed by atoms with van der Waals surface area (Å²) < 4.78 is 102. The summed E-state index contributed by atoms with van der Waals surface area (Å²) in [5.74, 6) is -14.8. The molecule has 0 saturated carbocycles. The molecule has 6 nitrogen and oxygen atoms in total. The molecular formula is C29H23F6NO5PS+. The van der Waals surface area contributed by atoms with Crippen molar-refractivity contribution in [2.24, 2.45) is 0 Å². The minimum absolute atomic E-state index is 0.0783. The average Bonchev–Trinajstić information content (AvgIpc) is 3.34. The number of fused-ring (bicyclic) bond motifs is 1. The van der Waals surface area contributed by atoms with Crippen LogP contribution in [0.3, 0.4) is 0 Å². The van der Waals surface area contributed by atoms with Crippen molar-refractivity contribution in [1.82, 2.24) is 5.09 Å². The van der Waals surface area contributed by atoms with E-state index >= 15 is 4.39 Å². The molecule has 0 bridgehead atoms. The van der Waals surface area contributed by atoms with Gasteiger partial charge < -0.3 is 14.0 Å². The maximum absolute atomic E-state index is 16.7. The number of halogens is 6. The van der Waals surface area contributed by atoms with E-state index in [0.29, 0.717) is 22.3 Å². The summed E-state index contributed by atoms with van der Waals surface area (Å²) in [7, 11) is -3.15. The van der Waals surface area contributed by atoms with Crippen LogP contribution in [0.25, 0.3) is 10.1 Å². The molecule has 1 unspecified atom stereocenters. The van der Waals surface area contributed by atoms with Crippen LogP contribution in [0.4, 0.5) is 26.3 Å². The Hall–Kier alpha value is -3.67. The van der Waals surface area contributed by atoms with Gasteiger partial charge in [0.15, 0.2) is 11.9 Å². The molecule has 0 radical (unpaired) electrons. The van der Waals surface area contributed by atoms with Gasteiger partial charge in [-0.3, -0.25) is 4.79 Å². The Morgan fingerprint density at radius 2 is 1.63 bits per heavy atom. The van der Waals surface area contributed by atoms with Crippen molar-refractivity contribution in [3.8, 4) is 11.5 Å². The van der Waals surface area contributed by atoms with Crippen LogP contribution >= 0.6 is 19.0 Å². The van der Waals surface area contributed by atoms with Crippen molar-refractivity contribution in [1.29, 1.82) is 0 Å². The maximum atomic E-state index is 16.7. The first kappa shape index (κ1) is 30.8. The quantitative estimate of drug-likeness (QED) is 0.0475. The summed E-state index contributed by atoms with van der Waals surface area (Å²) in [6.07, 6.45) is 0.537. The third-order valence-corrected chi connectivity index (χ3v) is 11.1. The van der Waals surface area contributed by atoms with Gasteiger partial charge in [-0.05, 0) is 49.1 Å². The highest BCUT2D eigenvalue weighted by atomic mass is 32.1. The smallest absolute Gasteiger partial charge is 0.353 e. The summed E-state index contributed by atoms with van der Waals surface area (Å²) in [4.78, 5) is 24.9. The second-order valence-corrected chi connectivity index (χ2v) is 13.8. The Bertz CT molecular complexity index is 1690. The molecule has 14 heteroatoms. The van der Waals surface area contributed by atoms with Crippen molar-refractivity contribution >= 4 is 41.0 Å². The zero-order valence-corrected chi connectivity index (χ0v) is 24.3. The largest absolute Gasteiger partial charge is 0.464 e. The third-order valence-electron chi connectivity index (χ3n) is 6.63. The highest BCUT2D eigenvalue weighted by Gasteiger charge is 2.85. The van der Waals surface area contributed by atoms with Crippen molar-refractivity contribution in [2.75, 3.05) is 12.8 Å².